The Labute approximate surface area is 154 Å². The Morgan fingerprint density at radius 3 is 2.92 bits per heavy atom. The molecule has 2 bridgehead atoms. The molecule has 5 heterocycles. The zero-order chi connectivity index (χ0) is 17.6. The highest BCUT2D eigenvalue weighted by molar-refractivity contribution is 7.07. The van der Waals surface area contributed by atoms with Crippen LogP contribution in [0, 0.1) is 5.92 Å². The van der Waals surface area contributed by atoms with Gasteiger partial charge in [-0.2, -0.15) is 5.10 Å². The highest BCUT2D eigenvalue weighted by Gasteiger charge is 2.42. The monoisotopic (exact) mass is 379 g/mol. The molecule has 2 amide bonds. The molecule has 25 heavy (non-hydrogen) atoms. The Balaban J connectivity index is 1.57. The number of fused-ring (bicyclic) bond motifs is 4. The van der Waals surface area contributed by atoms with Crippen LogP contribution < -0.4 is 0 Å². The number of nitrogens with zero attached hydrogens (tertiary/aromatic N) is 5. The Bertz CT molecular complexity index is 806. The van der Waals surface area contributed by atoms with Crippen molar-refractivity contribution in [2.75, 3.05) is 13.1 Å². The molecule has 7 nitrogen and oxygen atoms in total. The fourth-order valence-electron chi connectivity index (χ4n) is 3.66. The Hall–Kier alpha value is -1.93. The van der Waals surface area contributed by atoms with E-state index in [1.807, 2.05) is 10.3 Å². The van der Waals surface area contributed by atoms with Crippen LogP contribution in [0.2, 0.25) is 5.02 Å². The molecule has 0 aromatic carbocycles. The van der Waals surface area contributed by atoms with Crippen LogP contribution in [0.25, 0.3) is 0 Å². The number of halogens is 1. The molecule has 2 atom stereocenters. The van der Waals surface area contributed by atoms with Gasteiger partial charge in [-0.25, -0.2) is 4.98 Å². The van der Waals surface area contributed by atoms with E-state index in [2.05, 4.69) is 10.1 Å². The van der Waals surface area contributed by atoms with E-state index in [-0.39, 0.29) is 29.5 Å². The first-order valence-electron chi connectivity index (χ1n) is 8.19. The second-order valence-electron chi connectivity index (χ2n) is 6.58. The zero-order valence-electron chi connectivity index (χ0n) is 13.8. The van der Waals surface area contributed by atoms with Gasteiger partial charge in [0.2, 0.25) is 5.91 Å². The maximum Gasteiger partial charge on any atom is 0.276 e. The van der Waals surface area contributed by atoms with Crippen LogP contribution in [-0.2, 0) is 18.4 Å². The van der Waals surface area contributed by atoms with Gasteiger partial charge < -0.3 is 9.80 Å². The minimum Gasteiger partial charge on any atom is -0.334 e. The van der Waals surface area contributed by atoms with Crippen molar-refractivity contribution >= 4 is 34.8 Å². The lowest BCUT2D eigenvalue weighted by Crippen LogP contribution is -2.47. The van der Waals surface area contributed by atoms with Crippen molar-refractivity contribution in [2.45, 2.75) is 25.4 Å². The second kappa shape index (κ2) is 6.42. The van der Waals surface area contributed by atoms with E-state index in [0.29, 0.717) is 24.7 Å². The largest absolute Gasteiger partial charge is 0.334 e. The number of rotatable bonds is 3. The van der Waals surface area contributed by atoms with Gasteiger partial charge >= 0.3 is 0 Å². The van der Waals surface area contributed by atoms with E-state index in [0.717, 1.165) is 18.5 Å². The highest BCUT2D eigenvalue weighted by Crippen LogP contribution is 2.31. The average Bonchev–Trinajstić information content (AvgIpc) is 3.11. The number of thiazole rings is 1. The standard InChI is InChI=1S/C16H18ClN5O2S/c1-20-7-13(17)14(19-20)16(24)21-4-10-2-3-12(6-21)22(15(10)23)5-11-8-25-9-18-11/h7-10,12H,2-6H2,1H3/t10-,12+/m0/s1. The fourth-order valence-corrected chi connectivity index (χ4v) is 4.47. The van der Waals surface area contributed by atoms with E-state index in [1.54, 1.807) is 23.7 Å². The maximum atomic E-state index is 12.9. The summed E-state index contributed by atoms with van der Waals surface area (Å²) in [6.07, 6.45) is 3.33. The van der Waals surface area contributed by atoms with Gasteiger partial charge in [-0.05, 0) is 12.8 Å². The molecular weight excluding hydrogens is 362 g/mol. The molecule has 5 rings (SSSR count). The SMILES string of the molecule is Cn1cc(Cl)c(C(=O)N2C[C@@H]3CC[C@H](C2)N(Cc2cscn2)C3=O)n1. The zero-order valence-corrected chi connectivity index (χ0v) is 15.3. The molecule has 3 saturated heterocycles. The summed E-state index contributed by atoms with van der Waals surface area (Å²) in [6, 6.07) is 0.0133. The summed E-state index contributed by atoms with van der Waals surface area (Å²) in [6.45, 7) is 1.45. The lowest BCUT2D eigenvalue weighted by molar-refractivity contribution is -0.140. The van der Waals surface area contributed by atoms with Gasteiger partial charge in [0, 0.05) is 37.8 Å². The lowest BCUT2D eigenvalue weighted by Gasteiger charge is -2.35. The number of aromatic nitrogens is 3. The van der Waals surface area contributed by atoms with Crippen molar-refractivity contribution < 1.29 is 9.59 Å². The third-order valence-corrected chi connectivity index (χ3v) is 5.79. The maximum absolute atomic E-state index is 12.9. The molecular formula is C16H18ClN5O2S. The number of aryl methyl sites for hydroxylation is 1. The van der Waals surface area contributed by atoms with E-state index in [4.69, 9.17) is 11.6 Å². The van der Waals surface area contributed by atoms with Gasteiger partial charge in [0.05, 0.1) is 28.7 Å². The molecule has 2 aromatic rings. The van der Waals surface area contributed by atoms with Gasteiger partial charge in [0.25, 0.3) is 5.91 Å². The first-order chi connectivity index (χ1) is 12.0. The number of hydrogen-bond donors (Lipinski definition) is 0. The molecule has 0 radical (unpaired) electrons. The van der Waals surface area contributed by atoms with Crippen LogP contribution in [0.1, 0.15) is 29.0 Å². The lowest BCUT2D eigenvalue weighted by atomic mass is 9.94. The van der Waals surface area contributed by atoms with Crippen molar-refractivity contribution in [2.24, 2.45) is 13.0 Å². The minimum absolute atomic E-state index is 0.0133. The second-order valence-corrected chi connectivity index (χ2v) is 7.71. The summed E-state index contributed by atoms with van der Waals surface area (Å²) in [5.41, 5.74) is 2.93. The third kappa shape index (κ3) is 3.04. The van der Waals surface area contributed by atoms with Crippen LogP contribution in [0.3, 0.4) is 0 Å². The van der Waals surface area contributed by atoms with Gasteiger partial charge in [-0.15, -0.1) is 11.3 Å². The van der Waals surface area contributed by atoms with Crippen LogP contribution in [0.4, 0.5) is 0 Å². The van der Waals surface area contributed by atoms with Crippen LogP contribution >= 0.6 is 22.9 Å². The number of carbonyl (C=O) groups is 2. The molecule has 3 aliphatic rings. The molecule has 3 aliphatic heterocycles. The summed E-state index contributed by atoms with van der Waals surface area (Å²) in [5, 5.41) is 6.47. The summed E-state index contributed by atoms with van der Waals surface area (Å²) < 4.78 is 1.53. The van der Waals surface area contributed by atoms with Crippen molar-refractivity contribution in [1.82, 2.24) is 24.6 Å². The van der Waals surface area contributed by atoms with Crippen LogP contribution in [-0.4, -0.2) is 55.5 Å². The van der Waals surface area contributed by atoms with Crippen molar-refractivity contribution in [1.29, 1.82) is 0 Å². The molecule has 0 spiro atoms. The third-order valence-electron chi connectivity index (χ3n) is 4.88. The van der Waals surface area contributed by atoms with E-state index in [9.17, 15) is 9.59 Å². The molecule has 9 heteroatoms. The molecule has 0 unspecified atom stereocenters. The summed E-state index contributed by atoms with van der Waals surface area (Å²) in [5.74, 6) is -0.249. The molecule has 0 N–H and O–H groups in total. The molecule has 132 valence electrons. The number of hydrogen-bond acceptors (Lipinski definition) is 5. The Morgan fingerprint density at radius 2 is 2.24 bits per heavy atom. The summed E-state index contributed by atoms with van der Waals surface area (Å²) in [4.78, 5) is 33.6. The van der Waals surface area contributed by atoms with Gasteiger partial charge in [0.15, 0.2) is 5.69 Å². The summed E-state index contributed by atoms with van der Waals surface area (Å²) >= 11 is 7.65. The topological polar surface area (TPSA) is 71.3 Å². The van der Waals surface area contributed by atoms with Crippen molar-refractivity contribution in [3.63, 3.8) is 0 Å². The minimum atomic E-state index is -0.203. The molecule has 0 aliphatic carbocycles. The van der Waals surface area contributed by atoms with Gasteiger partial charge in [0.1, 0.15) is 0 Å². The first-order valence-corrected chi connectivity index (χ1v) is 9.51. The Morgan fingerprint density at radius 1 is 1.40 bits per heavy atom. The predicted octanol–water partition coefficient (Wildman–Crippen LogP) is 1.79. The molecule has 3 fully saturated rings. The van der Waals surface area contributed by atoms with Crippen molar-refractivity contribution in [3.05, 3.63) is 33.5 Å². The van der Waals surface area contributed by atoms with Gasteiger partial charge in [-0.1, -0.05) is 11.6 Å². The van der Waals surface area contributed by atoms with Gasteiger partial charge in [-0.3, -0.25) is 14.3 Å². The highest BCUT2D eigenvalue weighted by atomic mass is 35.5. The molecule has 2 aromatic heterocycles. The summed E-state index contributed by atoms with van der Waals surface area (Å²) in [7, 11) is 1.73. The number of piperidine rings is 1. The van der Waals surface area contributed by atoms with Crippen LogP contribution in [0.5, 0.6) is 0 Å². The smallest absolute Gasteiger partial charge is 0.276 e. The fraction of sp³-hybridized carbons (Fsp3) is 0.500. The molecule has 0 saturated carbocycles. The first kappa shape index (κ1) is 16.5. The van der Waals surface area contributed by atoms with Crippen molar-refractivity contribution in [3.8, 4) is 0 Å². The van der Waals surface area contributed by atoms with E-state index in [1.165, 1.54) is 16.0 Å². The predicted molar refractivity (Wildman–Crippen MR) is 93.3 cm³/mol. The van der Waals surface area contributed by atoms with E-state index >= 15 is 0 Å². The van der Waals surface area contributed by atoms with E-state index < -0.39 is 0 Å². The normalized spacial score (nSPS) is 23.2. The van der Waals surface area contributed by atoms with Crippen LogP contribution in [0.15, 0.2) is 17.1 Å². The quantitative estimate of drug-likeness (QED) is 0.815. The average molecular weight is 380 g/mol. The number of amides is 2. The Kier molecular flexibility index (Phi) is 4.24. The number of carbonyl (C=O) groups excluding carboxylic acids is 2.